The highest BCUT2D eigenvalue weighted by Crippen LogP contribution is 2.25. The molecule has 3 aromatic rings. The SMILES string of the molecule is C.Nc1nc(N)c(C(=O)N[C@H]2CCC[N+](CCCc3ccc(OCC(=O)NC(CO)CO)cc3)(CCCc3ccc(OCC(=O)NC(CO)CO)cc3)C2)nc1Cl.[Cl-]. The number of likely N-dealkylation sites (tertiary alicyclic amines) is 1. The van der Waals surface area contributed by atoms with E-state index < -0.39 is 29.8 Å². The maximum atomic E-state index is 13.3. The van der Waals surface area contributed by atoms with Gasteiger partial charge in [0.15, 0.2) is 35.7 Å². The van der Waals surface area contributed by atoms with Crippen LogP contribution in [0.4, 0.5) is 11.6 Å². The van der Waals surface area contributed by atoms with Gasteiger partial charge in [-0.2, -0.15) is 0 Å². The molecule has 1 aromatic heterocycles. The lowest BCUT2D eigenvalue weighted by molar-refractivity contribution is -0.933. The number of amides is 3. The number of aliphatic hydroxyl groups is 4. The van der Waals surface area contributed by atoms with Crippen LogP contribution >= 0.6 is 11.6 Å². The van der Waals surface area contributed by atoms with Gasteiger partial charge in [-0.1, -0.05) is 43.3 Å². The largest absolute Gasteiger partial charge is 1.00 e. The number of nitrogens with zero attached hydrogens (tertiary/aromatic N) is 3. The first-order valence-electron chi connectivity index (χ1n) is 18.7. The third kappa shape index (κ3) is 15.7. The van der Waals surface area contributed by atoms with Gasteiger partial charge in [0.1, 0.15) is 11.5 Å². The predicted octanol–water partition coefficient (Wildman–Crippen LogP) is -2.39. The number of carbonyl (C=O) groups excluding carboxylic acids is 3. The summed E-state index contributed by atoms with van der Waals surface area (Å²) < 4.78 is 11.9. The summed E-state index contributed by atoms with van der Waals surface area (Å²) >= 11 is 6.05. The lowest BCUT2D eigenvalue weighted by Gasteiger charge is -2.45. The molecule has 19 heteroatoms. The van der Waals surface area contributed by atoms with Crippen LogP contribution in [0, 0.1) is 0 Å². The van der Waals surface area contributed by atoms with Gasteiger partial charge in [-0.05, 0) is 61.1 Å². The van der Waals surface area contributed by atoms with E-state index >= 15 is 0 Å². The smallest absolute Gasteiger partial charge is 0.274 e. The fourth-order valence-corrected chi connectivity index (χ4v) is 6.82. The van der Waals surface area contributed by atoms with Gasteiger partial charge in [-0.15, -0.1) is 0 Å². The van der Waals surface area contributed by atoms with Crippen LogP contribution in [-0.4, -0.2) is 137 Å². The zero-order valence-electron chi connectivity index (χ0n) is 31.7. The van der Waals surface area contributed by atoms with Crippen LogP contribution in [0.1, 0.15) is 54.7 Å². The van der Waals surface area contributed by atoms with Crippen molar-refractivity contribution in [3.8, 4) is 11.5 Å². The number of benzene rings is 2. The number of aliphatic hydroxyl groups excluding tert-OH is 4. The van der Waals surface area contributed by atoms with E-state index in [9.17, 15) is 14.4 Å². The summed E-state index contributed by atoms with van der Waals surface area (Å²) in [5.74, 6) is -0.421. The summed E-state index contributed by atoms with van der Waals surface area (Å²) in [6, 6.07) is 13.5. The van der Waals surface area contributed by atoms with E-state index in [-0.39, 0.29) is 88.0 Å². The van der Waals surface area contributed by atoms with E-state index in [1.807, 2.05) is 48.5 Å². The quantitative estimate of drug-likeness (QED) is 0.0479. The Hall–Kier alpha value is -4.49. The van der Waals surface area contributed by atoms with E-state index in [0.29, 0.717) is 18.0 Å². The molecule has 1 atom stereocenters. The molecule has 0 aliphatic carbocycles. The minimum Gasteiger partial charge on any atom is -1.00 e. The van der Waals surface area contributed by atoms with Crippen molar-refractivity contribution in [1.82, 2.24) is 25.9 Å². The van der Waals surface area contributed by atoms with Crippen molar-refractivity contribution in [3.63, 3.8) is 0 Å². The zero-order chi connectivity index (χ0) is 40.5. The number of nitrogens with one attached hydrogen (secondary N) is 3. The molecule has 1 aliphatic heterocycles. The number of anilines is 2. The van der Waals surface area contributed by atoms with Gasteiger partial charge in [-0.3, -0.25) is 14.4 Å². The monoisotopic (exact) mass is 852 g/mol. The van der Waals surface area contributed by atoms with Crippen molar-refractivity contribution < 1.29 is 61.2 Å². The van der Waals surface area contributed by atoms with Gasteiger partial charge in [0, 0.05) is 12.8 Å². The molecule has 0 spiro atoms. The molecule has 1 fully saturated rings. The molecule has 11 N–H and O–H groups in total. The number of nitrogen functional groups attached to an aromatic ring is 2. The Balaban J connectivity index is 0.00000580. The maximum absolute atomic E-state index is 13.3. The van der Waals surface area contributed by atoms with E-state index in [2.05, 4.69) is 25.9 Å². The van der Waals surface area contributed by atoms with Crippen molar-refractivity contribution in [1.29, 1.82) is 0 Å². The average Bonchev–Trinajstić information content (AvgIpc) is 3.19. The molecule has 0 saturated carbocycles. The molecule has 17 nitrogen and oxygen atoms in total. The van der Waals surface area contributed by atoms with E-state index in [1.54, 1.807) is 0 Å². The Morgan fingerprint density at radius 1 is 0.776 bits per heavy atom. The molecular weight excluding hydrogens is 795 g/mol. The first kappa shape index (κ1) is 49.7. The van der Waals surface area contributed by atoms with Crippen LogP contribution in [0.15, 0.2) is 48.5 Å². The highest BCUT2D eigenvalue weighted by Gasteiger charge is 2.35. The second-order valence-electron chi connectivity index (χ2n) is 14.0. The second kappa shape index (κ2) is 25.1. The summed E-state index contributed by atoms with van der Waals surface area (Å²) in [5.41, 5.74) is 13.8. The number of halogens is 2. The standard InChI is InChI=1S/C38H53ClN8O9.CH4.ClH/c39-35-37(41)46-36(40)34(45-35)38(54)44-27-6-3-17-47(18-27,15-1-4-25-7-11-30(12-8-25)55-23-32(52)42-28(19-48)20-49)16-2-5-26-9-13-31(14-10-26)56-24-33(53)43-29(21-50)22-51;;/h7-14,27-29,48-51H,1-6,15-24H2,(H6-,40,41,42,43,44,46,52,53,54);1H4;1H/t27-;;/m0../s1. The number of carbonyl (C=O) groups is 3. The van der Waals surface area contributed by atoms with Crippen LogP contribution in [0.5, 0.6) is 11.5 Å². The van der Waals surface area contributed by atoms with Gasteiger partial charge in [-0.25, -0.2) is 9.97 Å². The highest BCUT2D eigenvalue weighted by atomic mass is 35.5. The normalized spacial score (nSPS) is 14.5. The molecule has 0 unspecified atom stereocenters. The molecule has 2 aromatic carbocycles. The molecule has 322 valence electrons. The maximum Gasteiger partial charge on any atom is 0.274 e. The number of nitrogens with two attached hydrogens (primary N) is 2. The van der Waals surface area contributed by atoms with Gasteiger partial charge in [0.05, 0.1) is 70.7 Å². The molecule has 58 heavy (non-hydrogen) atoms. The third-order valence-electron chi connectivity index (χ3n) is 9.64. The van der Waals surface area contributed by atoms with Gasteiger partial charge < -0.3 is 74.2 Å². The number of aromatic nitrogens is 2. The zero-order valence-corrected chi connectivity index (χ0v) is 33.3. The van der Waals surface area contributed by atoms with Crippen LogP contribution in [0.2, 0.25) is 5.15 Å². The molecule has 0 radical (unpaired) electrons. The molecule has 3 amide bonds. The number of piperidine rings is 1. The number of rotatable bonds is 22. The number of hydrogen-bond acceptors (Lipinski definition) is 13. The van der Waals surface area contributed by atoms with E-state index in [0.717, 1.165) is 73.8 Å². The summed E-state index contributed by atoms with van der Waals surface area (Å²) in [7, 11) is 0. The first-order valence-corrected chi connectivity index (χ1v) is 19.0. The number of quaternary nitrogens is 1. The molecule has 1 aliphatic rings. The van der Waals surface area contributed by atoms with E-state index in [4.69, 9.17) is 53.0 Å². The average molecular weight is 854 g/mol. The van der Waals surface area contributed by atoms with Crippen LogP contribution in [-0.2, 0) is 22.4 Å². The summed E-state index contributed by atoms with van der Waals surface area (Å²) in [6.07, 6.45) is 5.09. The predicted molar refractivity (Wildman–Crippen MR) is 216 cm³/mol. The summed E-state index contributed by atoms with van der Waals surface area (Å²) in [5, 5.41) is 44.6. The lowest BCUT2D eigenvalue weighted by atomic mass is 9.99. The Morgan fingerprint density at radius 3 is 1.69 bits per heavy atom. The molecular formula is C39H58Cl2N8O9. The summed E-state index contributed by atoms with van der Waals surface area (Å²) in [4.78, 5) is 45.4. The van der Waals surface area contributed by atoms with Crippen molar-refractivity contribution in [2.75, 3.05) is 77.3 Å². The molecule has 0 bridgehead atoms. The Kier molecular flexibility index (Phi) is 21.5. The van der Waals surface area contributed by atoms with Crippen LogP contribution < -0.4 is 49.3 Å². The molecule has 4 rings (SSSR count). The van der Waals surface area contributed by atoms with Crippen molar-refractivity contribution in [3.05, 3.63) is 70.5 Å². The lowest BCUT2D eigenvalue weighted by Crippen LogP contribution is -3.00. The minimum absolute atomic E-state index is 0. The fourth-order valence-electron chi connectivity index (χ4n) is 6.70. The first-order chi connectivity index (χ1) is 27.0. The molecule has 2 heterocycles. The van der Waals surface area contributed by atoms with Gasteiger partial charge in [0.2, 0.25) is 0 Å². The van der Waals surface area contributed by atoms with Crippen molar-refractivity contribution in [2.24, 2.45) is 0 Å². The van der Waals surface area contributed by atoms with Gasteiger partial charge in [0.25, 0.3) is 17.7 Å². The van der Waals surface area contributed by atoms with Crippen LogP contribution in [0.25, 0.3) is 0 Å². The number of hydrogen-bond donors (Lipinski definition) is 9. The Bertz CT molecular complexity index is 1640. The third-order valence-corrected chi connectivity index (χ3v) is 9.92. The van der Waals surface area contributed by atoms with Gasteiger partial charge >= 0.3 is 0 Å². The van der Waals surface area contributed by atoms with Crippen molar-refractivity contribution in [2.45, 2.75) is 64.1 Å². The number of ether oxygens (including phenoxy) is 2. The fraction of sp³-hybridized carbons (Fsp3) is 0.513. The molecule has 1 saturated heterocycles. The Labute approximate surface area is 350 Å². The Morgan fingerprint density at radius 2 is 1.24 bits per heavy atom. The van der Waals surface area contributed by atoms with E-state index in [1.165, 1.54) is 0 Å². The topological polar surface area (TPSA) is 264 Å². The van der Waals surface area contributed by atoms with Crippen LogP contribution in [0.3, 0.4) is 0 Å². The number of aryl methyl sites for hydroxylation is 2. The highest BCUT2D eigenvalue weighted by molar-refractivity contribution is 6.31. The minimum atomic E-state index is -0.734. The second-order valence-corrected chi connectivity index (χ2v) is 14.3. The summed E-state index contributed by atoms with van der Waals surface area (Å²) in [6.45, 7) is 1.45. The van der Waals surface area contributed by atoms with Crippen molar-refractivity contribution >= 4 is 41.0 Å².